The molecule has 0 aromatic carbocycles. The maximum atomic E-state index is 11.6. The first-order chi connectivity index (χ1) is 11.0. The van der Waals surface area contributed by atoms with Gasteiger partial charge in [0.05, 0.1) is 6.10 Å². The smallest absolute Gasteiger partial charge is 0.302 e. The quantitative estimate of drug-likeness (QED) is 0.745. The highest BCUT2D eigenvalue weighted by Crippen LogP contribution is 2.62. The van der Waals surface area contributed by atoms with Crippen molar-refractivity contribution in [2.75, 3.05) is 0 Å². The number of carbonyl (C=O) groups is 1. The van der Waals surface area contributed by atoms with Crippen molar-refractivity contribution in [3.8, 4) is 0 Å². The van der Waals surface area contributed by atoms with Crippen LogP contribution in [0.2, 0.25) is 0 Å². The van der Waals surface area contributed by atoms with E-state index in [1.165, 1.54) is 51.9 Å². The molecule has 0 radical (unpaired) electrons. The van der Waals surface area contributed by atoms with Crippen molar-refractivity contribution in [3.63, 3.8) is 0 Å². The number of aliphatic hydroxyl groups excluding tert-OH is 1. The molecule has 0 amide bonds. The summed E-state index contributed by atoms with van der Waals surface area (Å²) in [6.07, 6.45) is 10.7. The fourth-order valence-electron chi connectivity index (χ4n) is 7.22. The summed E-state index contributed by atoms with van der Waals surface area (Å²) in [5.74, 6) is 3.35. The number of esters is 1. The fourth-order valence-corrected chi connectivity index (χ4v) is 7.22. The SMILES string of the molecule is CC(=O)OC1C[C@@H](O)C[C@H]2CC[C@@H]3[C@H](CC[C@]4(C)CCC[C@@H]34)[C@@H]12. The fraction of sp³-hybridized carbons (Fsp3) is 0.950. The van der Waals surface area contributed by atoms with Gasteiger partial charge in [0.25, 0.3) is 0 Å². The van der Waals surface area contributed by atoms with E-state index in [0.717, 1.165) is 24.2 Å². The lowest BCUT2D eigenvalue weighted by atomic mass is 9.50. The Kier molecular flexibility index (Phi) is 3.98. The van der Waals surface area contributed by atoms with Crippen LogP contribution in [-0.2, 0) is 9.53 Å². The highest BCUT2D eigenvalue weighted by molar-refractivity contribution is 5.66. The molecule has 0 spiro atoms. The Morgan fingerprint density at radius 2 is 1.91 bits per heavy atom. The Labute approximate surface area is 140 Å². The summed E-state index contributed by atoms with van der Waals surface area (Å²) in [6.45, 7) is 4.05. The Bertz CT molecular complexity index is 476. The first-order valence-corrected chi connectivity index (χ1v) is 9.83. The van der Waals surface area contributed by atoms with E-state index in [9.17, 15) is 9.90 Å². The number of aliphatic hydroxyl groups is 1. The van der Waals surface area contributed by atoms with Gasteiger partial charge in [-0.1, -0.05) is 13.3 Å². The molecule has 4 aliphatic carbocycles. The monoisotopic (exact) mass is 320 g/mol. The highest BCUT2D eigenvalue weighted by Gasteiger charge is 2.56. The molecule has 4 saturated carbocycles. The zero-order valence-electron chi connectivity index (χ0n) is 14.7. The van der Waals surface area contributed by atoms with Crippen molar-refractivity contribution >= 4 is 5.97 Å². The standard InChI is InChI=1S/C20H32O3/c1-12(21)23-18-11-14(22)10-13-5-6-15-16(19(13)18)7-9-20(2)8-3-4-17(15)20/h13-19,22H,3-11H2,1-2H3/t13-,14+,15-,16+,17+,18?,19+,20+/m1/s1. The summed E-state index contributed by atoms with van der Waals surface area (Å²) >= 11 is 0. The van der Waals surface area contributed by atoms with E-state index in [1.807, 2.05) is 0 Å². The molecule has 0 aromatic heterocycles. The van der Waals surface area contributed by atoms with Gasteiger partial charge in [-0.25, -0.2) is 0 Å². The van der Waals surface area contributed by atoms with Crippen molar-refractivity contribution in [2.45, 2.75) is 83.8 Å². The van der Waals surface area contributed by atoms with E-state index < -0.39 is 0 Å². The topological polar surface area (TPSA) is 46.5 Å². The molecule has 0 aromatic rings. The van der Waals surface area contributed by atoms with E-state index in [4.69, 9.17) is 4.74 Å². The van der Waals surface area contributed by atoms with Gasteiger partial charge in [-0.3, -0.25) is 4.79 Å². The van der Waals surface area contributed by atoms with Crippen molar-refractivity contribution < 1.29 is 14.6 Å². The Morgan fingerprint density at radius 1 is 1.09 bits per heavy atom. The average Bonchev–Trinajstić information content (AvgIpc) is 2.87. The van der Waals surface area contributed by atoms with Crippen LogP contribution in [0.5, 0.6) is 0 Å². The molecule has 4 aliphatic rings. The maximum absolute atomic E-state index is 11.6. The second kappa shape index (κ2) is 5.75. The van der Waals surface area contributed by atoms with Gasteiger partial charge < -0.3 is 9.84 Å². The highest BCUT2D eigenvalue weighted by atomic mass is 16.5. The molecule has 4 fully saturated rings. The lowest BCUT2D eigenvalue weighted by Crippen LogP contribution is -2.53. The Balaban J connectivity index is 1.60. The molecule has 1 unspecified atom stereocenters. The molecule has 0 aliphatic heterocycles. The first kappa shape index (κ1) is 15.9. The van der Waals surface area contributed by atoms with Crippen LogP contribution in [0.1, 0.15) is 71.6 Å². The summed E-state index contributed by atoms with van der Waals surface area (Å²) in [7, 11) is 0. The molecule has 3 nitrogen and oxygen atoms in total. The molecule has 3 heteroatoms. The van der Waals surface area contributed by atoms with Gasteiger partial charge in [-0.2, -0.15) is 0 Å². The van der Waals surface area contributed by atoms with Crippen LogP contribution in [0.15, 0.2) is 0 Å². The number of hydrogen-bond acceptors (Lipinski definition) is 3. The molecule has 0 bridgehead atoms. The predicted molar refractivity (Wildman–Crippen MR) is 88.7 cm³/mol. The van der Waals surface area contributed by atoms with Crippen molar-refractivity contribution in [2.24, 2.45) is 35.0 Å². The van der Waals surface area contributed by atoms with Crippen molar-refractivity contribution in [1.29, 1.82) is 0 Å². The van der Waals surface area contributed by atoms with Gasteiger partial charge in [0.15, 0.2) is 0 Å². The summed E-state index contributed by atoms with van der Waals surface area (Å²) in [4.78, 5) is 11.6. The minimum atomic E-state index is -0.280. The van der Waals surface area contributed by atoms with E-state index in [2.05, 4.69) is 6.92 Å². The molecule has 1 N–H and O–H groups in total. The van der Waals surface area contributed by atoms with Crippen LogP contribution in [0.4, 0.5) is 0 Å². The van der Waals surface area contributed by atoms with Gasteiger partial charge in [0, 0.05) is 19.3 Å². The molecular formula is C20H32O3. The number of ether oxygens (including phenoxy) is 1. The second-order valence-corrected chi connectivity index (χ2v) is 9.21. The minimum absolute atomic E-state index is 0.0418. The molecule has 4 rings (SSSR count). The van der Waals surface area contributed by atoms with E-state index in [1.54, 1.807) is 0 Å². The summed E-state index contributed by atoms with van der Waals surface area (Å²) < 4.78 is 5.72. The molecule has 0 heterocycles. The zero-order valence-corrected chi connectivity index (χ0v) is 14.7. The lowest BCUT2D eigenvalue weighted by Gasteiger charge is -2.56. The van der Waals surface area contributed by atoms with Crippen LogP contribution in [0.3, 0.4) is 0 Å². The lowest BCUT2D eigenvalue weighted by molar-refractivity contribution is -0.169. The average molecular weight is 320 g/mol. The molecule has 8 atom stereocenters. The van der Waals surface area contributed by atoms with E-state index in [-0.39, 0.29) is 18.2 Å². The van der Waals surface area contributed by atoms with Crippen LogP contribution in [0, 0.1) is 35.0 Å². The summed E-state index contributed by atoms with van der Waals surface area (Å²) in [6, 6.07) is 0. The van der Waals surface area contributed by atoms with Crippen LogP contribution in [-0.4, -0.2) is 23.3 Å². The van der Waals surface area contributed by atoms with Crippen molar-refractivity contribution in [3.05, 3.63) is 0 Å². The Hall–Kier alpha value is -0.570. The third-order valence-corrected chi connectivity index (χ3v) is 8.01. The predicted octanol–water partition coefficient (Wildman–Crippen LogP) is 3.93. The number of hydrogen-bond donors (Lipinski definition) is 1. The van der Waals surface area contributed by atoms with Gasteiger partial charge in [-0.15, -0.1) is 0 Å². The summed E-state index contributed by atoms with van der Waals surface area (Å²) in [5.41, 5.74) is 0.582. The van der Waals surface area contributed by atoms with E-state index >= 15 is 0 Å². The van der Waals surface area contributed by atoms with Gasteiger partial charge in [0.1, 0.15) is 6.10 Å². The largest absolute Gasteiger partial charge is 0.462 e. The van der Waals surface area contributed by atoms with Gasteiger partial charge >= 0.3 is 5.97 Å². The number of fused-ring (bicyclic) bond motifs is 5. The Morgan fingerprint density at radius 3 is 2.70 bits per heavy atom. The molecule has 130 valence electrons. The second-order valence-electron chi connectivity index (χ2n) is 9.21. The summed E-state index contributed by atoms with van der Waals surface area (Å²) in [5, 5.41) is 10.2. The van der Waals surface area contributed by atoms with Crippen LogP contribution >= 0.6 is 0 Å². The third-order valence-electron chi connectivity index (χ3n) is 8.01. The molecule has 0 saturated heterocycles. The molecular weight excluding hydrogens is 288 g/mol. The van der Waals surface area contributed by atoms with Crippen molar-refractivity contribution in [1.82, 2.24) is 0 Å². The third kappa shape index (κ3) is 2.63. The minimum Gasteiger partial charge on any atom is -0.462 e. The van der Waals surface area contributed by atoms with Crippen LogP contribution < -0.4 is 0 Å². The maximum Gasteiger partial charge on any atom is 0.302 e. The number of carbonyl (C=O) groups excluding carboxylic acids is 1. The van der Waals surface area contributed by atoms with Gasteiger partial charge in [-0.05, 0) is 74.0 Å². The zero-order chi connectivity index (χ0) is 16.2. The van der Waals surface area contributed by atoms with E-state index in [0.29, 0.717) is 23.7 Å². The van der Waals surface area contributed by atoms with Crippen LogP contribution in [0.25, 0.3) is 0 Å². The first-order valence-electron chi connectivity index (χ1n) is 9.83. The van der Waals surface area contributed by atoms with Gasteiger partial charge in [0.2, 0.25) is 0 Å². The normalized spacial score (nSPS) is 52.2. The molecule has 23 heavy (non-hydrogen) atoms. The number of rotatable bonds is 1.